The van der Waals surface area contributed by atoms with E-state index in [2.05, 4.69) is 17.2 Å². The molecule has 3 heterocycles. The van der Waals surface area contributed by atoms with Gasteiger partial charge >= 0.3 is 6.03 Å². The van der Waals surface area contributed by atoms with E-state index in [4.69, 9.17) is 5.73 Å². The van der Waals surface area contributed by atoms with Gasteiger partial charge in [0.05, 0.1) is 18.6 Å². The lowest BCUT2D eigenvalue weighted by molar-refractivity contribution is -0.189. The van der Waals surface area contributed by atoms with Gasteiger partial charge in [-0.2, -0.15) is 0 Å². The van der Waals surface area contributed by atoms with Gasteiger partial charge in [-0.15, -0.1) is 6.58 Å². The first-order valence-corrected chi connectivity index (χ1v) is 20.2. The molecule has 2 saturated heterocycles. The fourth-order valence-electron chi connectivity index (χ4n) is 8.42. The highest BCUT2D eigenvalue weighted by Crippen LogP contribution is 2.35. The molecule has 0 saturated carbocycles. The zero-order valence-corrected chi connectivity index (χ0v) is 34.1. The number of aromatic hydroxyl groups is 1. The molecule has 8 rings (SSSR count). The number of nitrogens with two attached hydrogens (primary N) is 1. The molecule has 2 fully saturated rings. The number of piperazine rings is 1. The summed E-state index contributed by atoms with van der Waals surface area (Å²) in [5, 5.41) is 20.0. The summed E-state index contributed by atoms with van der Waals surface area (Å²) in [5.74, 6) is -1.39. The second-order valence-corrected chi connectivity index (χ2v) is 15.5. The SMILES string of the molecule is C=CCN1CC(=O)N2[C@@H](Cc3ccc(O)cc3)C(=O)N(Cc3cccc4c(-c5ccc(C(=O)Nc6cccc(C(N)=O)c6)cc5)cn(C)c34)C[C@@H]2N1C(=O)NCc1ccccc1. The number of phenols is 1. The first kappa shape index (κ1) is 41.0. The molecule has 0 unspecified atom stereocenters. The number of benzene rings is 5. The zero-order valence-electron chi connectivity index (χ0n) is 34.1. The van der Waals surface area contributed by atoms with Gasteiger partial charge in [0.15, 0.2) is 0 Å². The highest BCUT2D eigenvalue weighted by Gasteiger charge is 2.51. The van der Waals surface area contributed by atoms with Crippen LogP contribution in [-0.2, 0) is 36.1 Å². The molecule has 0 radical (unpaired) electrons. The highest BCUT2D eigenvalue weighted by atomic mass is 16.3. The molecular weight excluding hydrogens is 785 g/mol. The van der Waals surface area contributed by atoms with Crippen LogP contribution in [0.25, 0.3) is 22.0 Å². The van der Waals surface area contributed by atoms with E-state index in [0.717, 1.165) is 38.7 Å². The minimum absolute atomic E-state index is 0.0487. The number of carbonyl (C=O) groups is 5. The Morgan fingerprint density at radius 2 is 1.61 bits per heavy atom. The Morgan fingerprint density at radius 1 is 0.871 bits per heavy atom. The molecule has 14 heteroatoms. The van der Waals surface area contributed by atoms with Crippen molar-refractivity contribution in [1.29, 1.82) is 0 Å². The first-order chi connectivity index (χ1) is 30.0. The molecule has 0 spiro atoms. The Labute approximate surface area is 358 Å². The number of aryl methyl sites for hydroxylation is 1. The third-order valence-electron chi connectivity index (χ3n) is 11.3. The van der Waals surface area contributed by atoms with Gasteiger partial charge in [-0.3, -0.25) is 19.2 Å². The third kappa shape index (κ3) is 8.36. The van der Waals surface area contributed by atoms with Crippen LogP contribution in [-0.4, -0.2) is 91.0 Å². The van der Waals surface area contributed by atoms with Gasteiger partial charge in [0, 0.05) is 67.1 Å². The predicted octanol–water partition coefficient (Wildman–Crippen LogP) is 5.64. The van der Waals surface area contributed by atoms with Crippen molar-refractivity contribution in [2.75, 3.05) is 25.0 Å². The lowest BCUT2D eigenvalue weighted by Crippen LogP contribution is -2.76. The first-order valence-electron chi connectivity index (χ1n) is 20.2. The maximum Gasteiger partial charge on any atom is 0.334 e. The molecule has 5 aromatic carbocycles. The number of anilines is 1. The van der Waals surface area contributed by atoms with Crippen molar-refractivity contribution in [3.63, 3.8) is 0 Å². The Bertz CT molecular complexity index is 2680. The summed E-state index contributed by atoms with van der Waals surface area (Å²) in [5.41, 5.74) is 11.8. The van der Waals surface area contributed by atoms with Crippen LogP contribution in [0, 0.1) is 0 Å². The van der Waals surface area contributed by atoms with Crippen molar-refractivity contribution in [3.05, 3.63) is 168 Å². The summed E-state index contributed by atoms with van der Waals surface area (Å²) >= 11 is 0. The minimum atomic E-state index is -0.938. The average molecular weight is 831 g/mol. The number of hydrogen-bond donors (Lipinski definition) is 4. The summed E-state index contributed by atoms with van der Waals surface area (Å²) in [6.07, 6.45) is 2.99. The van der Waals surface area contributed by atoms with Crippen LogP contribution >= 0.6 is 0 Å². The predicted molar refractivity (Wildman–Crippen MR) is 235 cm³/mol. The Kier molecular flexibility index (Phi) is 11.6. The number of hydrazine groups is 1. The molecular formula is C48H46N8O6. The number of nitrogens with zero attached hydrogens (tertiary/aromatic N) is 5. The molecule has 6 aromatic rings. The van der Waals surface area contributed by atoms with Crippen molar-refractivity contribution in [3.8, 4) is 16.9 Å². The number of para-hydroxylation sites is 1. The summed E-state index contributed by atoms with van der Waals surface area (Å²) in [4.78, 5) is 71.1. The highest BCUT2D eigenvalue weighted by molar-refractivity contribution is 6.06. The number of urea groups is 1. The molecule has 314 valence electrons. The van der Waals surface area contributed by atoms with Crippen molar-refractivity contribution < 1.29 is 29.1 Å². The van der Waals surface area contributed by atoms with Crippen LogP contribution in [0.5, 0.6) is 5.75 Å². The molecule has 14 nitrogen and oxygen atoms in total. The van der Waals surface area contributed by atoms with E-state index in [9.17, 15) is 29.1 Å². The zero-order chi connectivity index (χ0) is 43.5. The van der Waals surface area contributed by atoms with E-state index in [0.29, 0.717) is 11.3 Å². The number of nitrogens with one attached hydrogen (secondary N) is 2. The van der Waals surface area contributed by atoms with Gasteiger partial charge in [0.25, 0.3) is 5.91 Å². The number of primary amides is 1. The van der Waals surface area contributed by atoms with Crippen molar-refractivity contribution in [1.82, 2.24) is 29.7 Å². The molecule has 2 atom stereocenters. The minimum Gasteiger partial charge on any atom is -0.508 e. The average Bonchev–Trinajstić information content (AvgIpc) is 3.62. The monoisotopic (exact) mass is 830 g/mol. The molecule has 1 aromatic heterocycles. The van der Waals surface area contributed by atoms with Crippen LogP contribution in [0.4, 0.5) is 10.5 Å². The lowest BCUT2D eigenvalue weighted by Gasteiger charge is -2.55. The third-order valence-corrected chi connectivity index (χ3v) is 11.3. The van der Waals surface area contributed by atoms with Gasteiger partial charge in [-0.05, 0) is 64.7 Å². The largest absolute Gasteiger partial charge is 0.508 e. The molecule has 6 amide bonds. The van der Waals surface area contributed by atoms with Gasteiger partial charge in [0.2, 0.25) is 17.7 Å². The Morgan fingerprint density at radius 3 is 2.34 bits per heavy atom. The molecule has 62 heavy (non-hydrogen) atoms. The fourth-order valence-corrected chi connectivity index (χ4v) is 8.42. The number of rotatable bonds is 12. The van der Waals surface area contributed by atoms with Crippen LogP contribution in [0.15, 0.2) is 140 Å². The van der Waals surface area contributed by atoms with E-state index < -0.39 is 24.1 Å². The van der Waals surface area contributed by atoms with Crippen LogP contribution in [0.2, 0.25) is 0 Å². The van der Waals surface area contributed by atoms with E-state index in [1.54, 1.807) is 80.5 Å². The Hall–Kier alpha value is -7.71. The number of amides is 6. The smallest absolute Gasteiger partial charge is 0.334 e. The second-order valence-electron chi connectivity index (χ2n) is 15.5. The Balaban J connectivity index is 1.10. The summed E-state index contributed by atoms with van der Waals surface area (Å²) in [6.45, 7) is 4.49. The maximum absolute atomic E-state index is 14.8. The molecule has 2 aliphatic rings. The number of fused-ring (bicyclic) bond motifs is 2. The summed E-state index contributed by atoms with van der Waals surface area (Å²) in [6, 6.07) is 34.3. The van der Waals surface area contributed by atoms with Gasteiger partial charge in [-0.1, -0.05) is 84.9 Å². The summed E-state index contributed by atoms with van der Waals surface area (Å²) in [7, 11) is 1.94. The molecule has 2 aliphatic heterocycles. The number of carbonyl (C=O) groups excluding carboxylic acids is 5. The molecule has 0 bridgehead atoms. The second kappa shape index (κ2) is 17.5. The van der Waals surface area contributed by atoms with Crippen molar-refractivity contribution in [2.24, 2.45) is 12.8 Å². The van der Waals surface area contributed by atoms with E-state index >= 15 is 0 Å². The molecule has 0 aliphatic carbocycles. The summed E-state index contributed by atoms with van der Waals surface area (Å²) < 4.78 is 2.01. The number of phenolic OH excluding ortho intramolecular Hbond substituents is 1. The topological polar surface area (TPSA) is 174 Å². The van der Waals surface area contributed by atoms with Gasteiger partial charge < -0.3 is 35.8 Å². The van der Waals surface area contributed by atoms with Crippen molar-refractivity contribution in [2.45, 2.75) is 31.7 Å². The van der Waals surface area contributed by atoms with Crippen molar-refractivity contribution >= 4 is 46.3 Å². The quantitative estimate of drug-likeness (QED) is 0.116. The molecule has 5 N–H and O–H groups in total. The van der Waals surface area contributed by atoms with E-state index in [1.165, 1.54) is 6.07 Å². The maximum atomic E-state index is 14.8. The standard InChI is InChI=1S/C48H46N8O6/c1-3-23-54-30-43(58)55-41(24-31-15-21-38(57)22-16-31)47(61)53(29-42(55)56(54)48(62)50-26-32-9-5-4-6-10-32)27-36-12-8-14-39-40(28-52(2)44(36)39)33-17-19-34(20-18-33)46(60)51-37-13-7-11-35(25-37)45(49)59/h3-22,25,28,41-42,57H,1,23-24,26-27,29-30H2,2H3,(H2,49,59)(H,50,62)(H,51,60)/t41-,42-/m0/s1. The normalized spacial score (nSPS) is 16.6. The number of aromatic nitrogens is 1. The lowest BCUT2D eigenvalue weighted by atomic mass is 9.97. The van der Waals surface area contributed by atoms with Crippen LogP contribution in [0.1, 0.15) is 37.4 Å². The number of hydrogen-bond acceptors (Lipinski definition) is 7. The van der Waals surface area contributed by atoms with E-state index in [1.807, 2.05) is 78.5 Å². The van der Waals surface area contributed by atoms with E-state index in [-0.39, 0.29) is 68.2 Å². The fraction of sp³-hybridized carbons (Fsp3) is 0.188. The van der Waals surface area contributed by atoms with Crippen LogP contribution in [0.3, 0.4) is 0 Å². The van der Waals surface area contributed by atoms with Gasteiger partial charge in [0.1, 0.15) is 18.0 Å². The van der Waals surface area contributed by atoms with Gasteiger partial charge in [-0.25, -0.2) is 14.8 Å². The van der Waals surface area contributed by atoms with Crippen LogP contribution < -0.4 is 16.4 Å².